The van der Waals surface area contributed by atoms with Gasteiger partial charge in [0.25, 0.3) is 0 Å². The number of halogens is 1. The Kier molecular flexibility index (Phi) is 4.31. The van der Waals surface area contributed by atoms with Crippen molar-refractivity contribution in [2.24, 2.45) is 0 Å². The molecule has 2 aromatic carbocycles. The third-order valence-electron chi connectivity index (χ3n) is 3.55. The van der Waals surface area contributed by atoms with Crippen molar-refractivity contribution in [3.63, 3.8) is 0 Å². The van der Waals surface area contributed by atoms with Gasteiger partial charge in [-0.15, -0.1) is 0 Å². The standard InChI is InChI=1S/C18H14ClN3O/c1-23-16-7-4-13-8-14(18(19)22-17(13)9-16)11-21-15-5-2-12(10-20)3-6-15/h2-9,21H,11H2,1H3. The number of methoxy groups -OCH3 is 1. The fraction of sp³-hybridized carbons (Fsp3) is 0.111. The van der Waals surface area contributed by atoms with Gasteiger partial charge >= 0.3 is 0 Å². The van der Waals surface area contributed by atoms with Crippen molar-refractivity contribution < 1.29 is 4.74 Å². The lowest BCUT2D eigenvalue weighted by atomic mass is 10.1. The van der Waals surface area contributed by atoms with Crippen LogP contribution in [0.2, 0.25) is 5.15 Å². The molecule has 3 aromatic rings. The second kappa shape index (κ2) is 6.55. The van der Waals surface area contributed by atoms with E-state index in [-0.39, 0.29) is 0 Å². The van der Waals surface area contributed by atoms with E-state index in [9.17, 15) is 0 Å². The van der Waals surface area contributed by atoms with E-state index in [2.05, 4.69) is 16.4 Å². The molecule has 4 nitrogen and oxygen atoms in total. The molecule has 0 saturated heterocycles. The van der Waals surface area contributed by atoms with Crippen molar-refractivity contribution in [3.05, 3.63) is 64.8 Å². The van der Waals surface area contributed by atoms with Crippen LogP contribution in [-0.4, -0.2) is 12.1 Å². The third-order valence-corrected chi connectivity index (χ3v) is 3.88. The van der Waals surface area contributed by atoms with Gasteiger partial charge in [-0.1, -0.05) is 11.6 Å². The number of anilines is 1. The predicted octanol–water partition coefficient (Wildman–Crippen LogP) is 4.38. The van der Waals surface area contributed by atoms with Crippen LogP contribution in [0.25, 0.3) is 10.9 Å². The lowest BCUT2D eigenvalue weighted by Crippen LogP contribution is -2.01. The van der Waals surface area contributed by atoms with Crippen LogP contribution < -0.4 is 10.1 Å². The fourth-order valence-electron chi connectivity index (χ4n) is 2.28. The smallest absolute Gasteiger partial charge is 0.134 e. The first-order valence-corrected chi connectivity index (χ1v) is 7.44. The highest BCUT2D eigenvalue weighted by molar-refractivity contribution is 6.30. The Bertz CT molecular complexity index is 885. The molecule has 0 saturated carbocycles. The van der Waals surface area contributed by atoms with Gasteiger partial charge in [-0.05, 0) is 42.5 Å². The number of pyridine rings is 1. The second-order valence-corrected chi connectivity index (χ2v) is 5.40. The van der Waals surface area contributed by atoms with Crippen LogP contribution in [0.5, 0.6) is 5.75 Å². The Balaban J connectivity index is 1.82. The van der Waals surface area contributed by atoms with E-state index >= 15 is 0 Å². The first-order chi connectivity index (χ1) is 11.2. The quantitative estimate of drug-likeness (QED) is 0.724. The maximum atomic E-state index is 8.81. The average Bonchev–Trinajstić information content (AvgIpc) is 2.60. The Morgan fingerprint density at radius 1 is 1.17 bits per heavy atom. The van der Waals surface area contributed by atoms with Gasteiger partial charge in [0, 0.05) is 29.2 Å². The molecule has 0 spiro atoms. The zero-order valence-corrected chi connectivity index (χ0v) is 13.3. The highest BCUT2D eigenvalue weighted by atomic mass is 35.5. The summed E-state index contributed by atoms with van der Waals surface area (Å²) < 4.78 is 5.20. The summed E-state index contributed by atoms with van der Waals surface area (Å²) in [7, 11) is 1.62. The Morgan fingerprint density at radius 2 is 1.96 bits per heavy atom. The lowest BCUT2D eigenvalue weighted by Gasteiger charge is -2.10. The summed E-state index contributed by atoms with van der Waals surface area (Å²) in [5.74, 6) is 0.754. The monoisotopic (exact) mass is 323 g/mol. The molecule has 5 heteroatoms. The molecule has 0 amide bonds. The highest BCUT2D eigenvalue weighted by Crippen LogP contribution is 2.25. The number of hydrogen-bond donors (Lipinski definition) is 1. The molecule has 0 fully saturated rings. The van der Waals surface area contributed by atoms with Gasteiger partial charge in [0.05, 0.1) is 24.3 Å². The van der Waals surface area contributed by atoms with Crippen molar-refractivity contribution in [1.82, 2.24) is 4.98 Å². The van der Waals surface area contributed by atoms with E-state index < -0.39 is 0 Å². The molecule has 1 heterocycles. The van der Waals surface area contributed by atoms with E-state index in [0.717, 1.165) is 27.9 Å². The molecule has 0 atom stereocenters. The van der Waals surface area contributed by atoms with Crippen LogP contribution in [0, 0.1) is 11.3 Å². The minimum Gasteiger partial charge on any atom is -0.497 e. The van der Waals surface area contributed by atoms with E-state index in [1.807, 2.05) is 36.4 Å². The van der Waals surface area contributed by atoms with Gasteiger partial charge in [-0.2, -0.15) is 5.26 Å². The first kappa shape index (κ1) is 15.1. The Morgan fingerprint density at radius 3 is 2.65 bits per heavy atom. The Labute approximate surface area is 139 Å². The van der Waals surface area contributed by atoms with Gasteiger partial charge in [-0.25, -0.2) is 4.98 Å². The molecule has 114 valence electrons. The first-order valence-electron chi connectivity index (χ1n) is 7.07. The largest absolute Gasteiger partial charge is 0.497 e. The van der Waals surface area contributed by atoms with Crippen LogP contribution in [0.3, 0.4) is 0 Å². The number of nitrogens with one attached hydrogen (secondary N) is 1. The van der Waals surface area contributed by atoms with Crippen molar-refractivity contribution in [2.75, 3.05) is 12.4 Å². The number of nitrogens with zero attached hydrogens (tertiary/aromatic N) is 2. The zero-order chi connectivity index (χ0) is 16.2. The molecule has 0 radical (unpaired) electrons. The zero-order valence-electron chi connectivity index (χ0n) is 12.5. The fourth-order valence-corrected chi connectivity index (χ4v) is 2.49. The van der Waals surface area contributed by atoms with E-state index in [4.69, 9.17) is 21.6 Å². The van der Waals surface area contributed by atoms with Crippen molar-refractivity contribution in [2.45, 2.75) is 6.54 Å². The molecule has 0 aliphatic heterocycles. The topological polar surface area (TPSA) is 57.9 Å². The maximum Gasteiger partial charge on any atom is 0.134 e. The molecule has 1 N–H and O–H groups in total. The summed E-state index contributed by atoms with van der Waals surface area (Å²) in [6.07, 6.45) is 0. The van der Waals surface area contributed by atoms with Crippen LogP contribution >= 0.6 is 11.6 Å². The molecular weight excluding hydrogens is 310 g/mol. The number of rotatable bonds is 4. The second-order valence-electron chi connectivity index (χ2n) is 5.04. The third kappa shape index (κ3) is 3.36. The normalized spacial score (nSPS) is 10.3. The molecule has 0 unspecified atom stereocenters. The van der Waals surface area contributed by atoms with E-state index in [0.29, 0.717) is 17.3 Å². The molecule has 0 aliphatic carbocycles. The summed E-state index contributed by atoms with van der Waals surface area (Å²) in [4.78, 5) is 4.43. The van der Waals surface area contributed by atoms with Crippen molar-refractivity contribution in [3.8, 4) is 11.8 Å². The number of nitriles is 1. The Hall–Kier alpha value is -2.77. The van der Waals surface area contributed by atoms with E-state index in [1.165, 1.54) is 0 Å². The lowest BCUT2D eigenvalue weighted by molar-refractivity contribution is 0.415. The number of aromatic nitrogens is 1. The number of ether oxygens (including phenoxy) is 1. The summed E-state index contributed by atoms with van der Waals surface area (Å²) in [5, 5.41) is 13.6. The minimum absolute atomic E-state index is 0.465. The molecule has 0 aliphatic rings. The molecule has 23 heavy (non-hydrogen) atoms. The summed E-state index contributed by atoms with van der Waals surface area (Å²) in [6, 6.07) is 17.1. The van der Waals surface area contributed by atoms with E-state index in [1.54, 1.807) is 19.2 Å². The summed E-state index contributed by atoms with van der Waals surface area (Å²) in [6.45, 7) is 0.555. The SMILES string of the molecule is COc1ccc2cc(CNc3ccc(C#N)cc3)c(Cl)nc2c1. The number of fused-ring (bicyclic) bond motifs is 1. The molecular formula is C18H14ClN3O. The van der Waals surface area contributed by atoms with Crippen LogP contribution in [0.1, 0.15) is 11.1 Å². The van der Waals surface area contributed by atoms with Gasteiger partial charge in [0.2, 0.25) is 0 Å². The van der Waals surface area contributed by atoms with Crippen LogP contribution in [0.4, 0.5) is 5.69 Å². The summed E-state index contributed by atoms with van der Waals surface area (Å²) >= 11 is 6.28. The highest BCUT2D eigenvalue weighted by Gasteiger charge is 2.06. The maximum absolute atomic E-state index is 8.81. The van der Waals surface area contributed by atoms with Gasteiger partial charge in [-0.3, -0.25) is 0 Å². The molecule has 1 aromatic heterocycles. The van der Waals surface area contributed by atoms with Gasteiger partial charge in [0.1, 0.15) is 10.9 Å². The van der Waals surface area contributed by atoms with Crippen LogP contribution in [0.15, 0.2) is 48.5 Å². The van der Waals surface area contributed by atoms with Crippen LogP contribution in [-0.2, 0) is 6.54 Å². The van der Waals surface area contributed by atoms with Gasteiger partial charge < -0.3 is 10.1 Å². The average molecular weight is 324 g/mol. The summed E-state index contributed by atoms with van der Waals surface area (Å²) in [5.41, 5.74) is 3.27. The number of hydrogen-bond acceptors (Lipinski definition) is 4. The molecule has 0 bridgehead atoms. The van der Waals surface area contributed by atoms with Gasteiger partial charge in [0.15, 0.2) is 0 Å². The minimum atomic E-state index is 0.465. The van der Waals surface area contributed by atoms with Crippen molar-refractivity contribution >= 4 is 28.2 Å². The number of benzene rings is 2. The van der Waals surface area contributed by atoms with Crippen molar-refractivity contribution in [1.29, 1.82) is 5.26 Å². The molecule has 3 rings (SSSR count). The predicted molar refractivity (Wildman–Crippen MR) is 91.8 cm³/mol.